The van der Waals surface area contributed by atoms with Crippen molar-refractivity contribution >= 4 is 23.2 Å². The zero-order valence-corrected chi connectivity index (χ0v) is 11.5. The Morgan fingerprint density at radius 1 is 1.11 bits per heavy atom. The van der Waals surface area contributed by atoms with E-state index >= 15 is 0 Å². The fourth-order valence-corrected chi connectivity index (χ4v) is 2.44. The monoisotopic (exact) mass is 298 g/mol. The number of halogens is 3. The van der Waals surface area contributed by atoms with Crippen LogP contribution in [0.3, 0.4) is 0 Å². The molecule has 0 saturated heterocycles. The molecule has 2 aromatic carbocycles. The van der Waals surface area contributed by atoms with Crippen molar-refractivity contribution in [2.45, 2.75) is 12.5 Å². The molecule has 0 aliphatic rings. The van der Waals surface area contributed by atoms with E-state index < -0.39 is 0 Å². The van der Waals surface area contributed by atoms with E-state index in [2.05, 4.69) is 5.43 Å². The molecule has 5 heteroatoms. The molecule has 19 heavy (non-hydrogen) atoms. The first kappa shape index (κ1) is 14.3. The summed E-state index contributed by atoms with van der Waals surface area (Å²) in [5.74, 6) is 5.32. The molecule has 2 aromatic rings. The smallest absolute Gasteiger partial charge is 0.123 e. The lowest BCUT2D eigenvalue weighted by Crippen LogP contribution is -2.29. The Morgan fingerprint density at radius 2 is 1.79 bits per heavy atom. The van der Waals surface area contributed by atoms with Crippen molar-refractivity contribution < 1.29 is 4.39 Å². The van der Waals surface area contributed by atoms with E-state index in [9.17, 15) is 4.39 Å². The van der Waals surface area contributed by atoms with Gasteiger partial charge in [0.05, 0.1) is 6.04 Å². The van der Waals surface area contributed by atoms with Crippen LogP contribution >= 0.6 is 23.2 Å². The highest BCUT2D eigenvalue weighted by molar-refractivity contribution is 6.35. The largest absolute Gasteiger partial charge is 0.271 e. The molecule has 1 unspecified atom stereocenters. The Balaban J connectivity index is 2.22. The minimum absolute atomic E-state index is 0.157. The molecule has 100 valence electrons. The lowest BCUT2D eigenvalue weighted by atomic mass is 9.99. The van der Waals surface area contributed by atoms with Gasteiger partial charge in [-0.05, 0) is 41.8 Å². The molecule has 0 amide bonds. The van der Waals surface area contributed by atoms with E-state index in [1.807, 2.05) is 6.07 Å². The third kappa shape index (κ3) is 3.67. The van der Waals surface area contributed by atoms with Gasteiger partial charge in [-0.3, -0.25) is 11.3 Å². The molecule has 1 atom stereocenters. The lowest BCUT2D eigenvalue weighted by Gasteiger charge is -2.18. The number of nitrogens with one attached hydrogen (secondary N) is 1. The molecule has 0 saturated carbocycles. The molecule has 0 aliphatic heterocycles. The average Bonchev–Trinajstić information content (AvgIpc) is 2.39. The summed E-state index contributed by atoms with van der Waals surface area (Å²) < 4.78 is 12.9. The second-order valence-corrected chi connectivity index (χ2v) is 5.06. The first-order valence-corrected chi connectivity index (χ1v) is 6.51. The van der Waals surface area contributed by atoms with Crippen molar-refractivity contribution in [1.82, 2.24) is 5.43 Å². The first-order chi connectivity index (χ1) is 9.10. The van der Waals surface area contributed by atoms with Crippen LogP contribution < -0.4 is 11.3 Å². The van der Waals surface area contributed by atoms with Crippen molar-refractivity contribution in [2.75, 3.05) is 0 Å². The summed E-state index contributed by atoms with van der Waals surface area (Å²) in [7, 11) is 0. The number of hydrazine groups is 1. The quantitative estimate of drug-likeness (QED) is 0.664. The van der Waals surface area contributed by atoms with Gasteiger partial charge in [0.1, 0.15) is 5.82 Å². The van der Waals surface area contributed by atoms with Gasteiger partial charge in [-0.15, -0.1) is 0 Å². The normalized spacial score (nSPS) is 12.4. The second-order valence-electron chi connectivity index (χ2n) is 4.22. The van der Waals surface area contributed by atoms with Crippen LogP contribution in [0.2, 0.25) is 10.0 Å². The maximum absolute atomic E-state index is 12.9. The van der Waals surface area contributed by atoms with Gasteiger partial charge in [-0.1, -0.05) is 41.4 Å². The van der Waals surface area contributed by atoms with Gasteiger partial charge in [0.2, 0.25) is 0 Å². The molecule has 0 aliphatic carbocycles. The average molecular weight is 299 g/mol. The highest BCUT2D eigenvalue weighted by atomic mass is 35.5. The highest BCUT2D eigenvalue weighted by Gasteiger charge is 2.14. The minimum atomic E-state index is -0.259. The van der Waals surface area contributed by atoms with Crippen molar-refractivity contribution in [2.24, 2.45) is 5.84 Å². The minimum Gasteiger partial charge on any atom is -0.271 e. The van der Waals surface area contributed by atoms with Gasteiger partial charge in [0, 0.05) is 10.0 Å². The second kappa shape index (κ2) is 6.35. The number of benzene rings is 2. The van der Waals surface area contributed by atoms with E-state index in [1.54, 1.807) is 24.3 Å². The predicted molar refractivity (Wildman–Crippen MR) is 76.6 cm³/mol. The van der Waals surface area contributed by atoms with Crippen LogP contribution in [-0.4, -0.2) is 0 Å². The van der Waals surface area contributed by atoms with Crippen molar-refractivity contribution in [3.8, 4) is 0 Å². The Bertz CT molecular complexity index is 558. The van der Waals surface area contributed by atoms with Crippen LogP contribution in [0.4, 0.5) is 4.39 Å². The van der Waals surface area contributed by atoms with Crippen LogP contribution in [0, 0.1) is 5.82 Å². The molecule has 2 rings (SSSR count). The molecule has 0 radical (unpaired) electrons. The van der Waals surface area contributed by atoms with E-state index in [0.29, 0.717) is 16.5 Å². The Hall–Kier alpha value is -1.13. The van der Waals surface area contributed by atoms with Crippen LogP contribution in [0.15, 0.2) is 42.5 Å². The van der Waals surface area contributed by atoms with Crippen LogP contribution in [0.5, 0.6) is 0 Å². The fraction of sp³-hybridized carbons (Fsp3) is 0.143. The third-order valence-corrected chi connectivity index (χ3v) is 3.45. The standard InChI is InChI=1S/C14H13Cl2FN2/c15-10-3-6-12(13(16)8-10)14(19-18)7-9-1-4-11(17)5-2-9/h1-6,8,14,19H,7,18H2. The molecule has 0 aromatic heterocycles. The van der Waals surface area contributed by atoms with E-state index in [1.165, 1.54) is 12.1 Å². The van der Waals surface area contributed by atoms with Gasteiger partial charge >= 0.3 is 0 Å². The van der Waals surface area contributed by atoms with Crippen molar-refractivity contribution in [3.63, 3.8) is 0 Å². The summed E-state index contributed by atoms with van der Waals surface area (Å²) in [6.45, 7) is 0. The van der Waals surface area contributed by atoms with Crippen LogP contribution in [0.1, 0.15) is 17.2 Å². The third-order valence-electron chi connectivity index (χ3n) is 2.89. The van der Waals surface area contributed by atoms with E-state index in [4.69, 9.17) is 29.0 Å². The first-order valence-electron chi connectivity index (χ1n) is 5.75. The number of hydrogen-bond acceptors (Lipinski definition) is 2. The molecule has 0 spiro atoms. The number of hydrogen-bond donors (Lipinski definition) is 2. The van der Waals surface area contributed by atoms with Gasteiger partial charge in [0.15, 0.2) is 0 Å². The Kier molecular flexibility index (Phi) is 4.77. The molecule has 0 fully saturated rings. The maximum Gasteiger partial charge on any atom is 0.123 e. The molecule has 2 nitrogen and oxygen atoms in total. The number of nitrogens with two attached hydrogens (primary N) is 1. The topological polar surface area (TPSA) is 38.0 Å². The molecular weight excluding hydrogens is 286 g/mol. The summed E-state index contributed by atoms with van der Waals surface area (Å²) in [5.41, 5.74) is 4.55. The summed E-state index contributed by atoms with van der Waals surface area (Å²) in [6, 6.07) is 11.4. The van der Waals surface area contributed by atoms with E-state index in [-0.39, 0.29) is 11.9 Å². The van der Waals surface area contributed by atoms with Gasteiger partial charge in [0.25, 0.3) is 0 Å². The SMILES string of the molecule is NNC(Cc1ccc(F)cc1)c1ccc(Cl)cc1Cl. The molecule has 0 bridgehead atoms. The summed E-state index contributed by atoms with van der Waals surface area (Å²) in [5, 5.41) is 1.13. The van der Waals surface area contributed by atoms with Crippen molar-refractivity contribution in [1.29, 1.82) is 0 Å². The summed E-state index contributed by atoms with van der Waals surface area (Å²) in [6.07, 6.45) is 0.609. The van der Waals surface area contributed by atoms with Gasteiger partial charge in [-0.2, -0.15) is 0 Å². The Labute approximate surface area is 121 Å². The zero-order valence-electron chi connectivity index (χ0n) is 10.0. The van der Waals surface area contributed by atoms with E-state index in [0.717, 1.165) is 11.1 Å². The Morgan fingerprint density at radius 3 is 2.37 bits per heavy atom. The van der Waals surface area contributed by atoms with Crippen LogP contribution in [-0.2, 0) is 6.42 Å². The molecular formula is C14H13Cl2FN2. The summed E-state index contributed by atoms with van der Waals surface area (Å²) >= 11 is 12.0. The maximum atomic E-state index is 12.9. The fourth-order valence-electron chi connectivity index (χ4n) is 1.90. The zero-order chi connectivity index (χ0) is 13.8. The van der Waals surface area contributed by atoms with Crippen LogP contribution in [0.25, 0.3) is 0 Å². The summed E-state index contributed by atoms with van der Waals surface area (Å²) in [4.78, 5) is 0. The van der Waals surface area contributed by atoms with Gasteiger partial charge in [-0.25, -0.2) is 4.39 Å². The molecule has 3 N–H and O–H groups in total. The lowest BCUT2D eigenvalue weighted by molar-refractivity contribution is 0.551. The highest BCUT2D eigenvalue weighted by Crippen LogP contribution is 2.28. The van der Waals surface area contributed by atoms with Gasteiger partial charge < -0.3 is 0 Å². The molecule has 0 heterocycles. The predicted octanol–water partition coefficient (Wildman–Crippen LogP) is 3.88. The number of rotatable bonds is 4. The van der Waals surface area contributed by atoms with Crippen molar-refractivity contribution in [3.05, 3.63) is 69.5 Å².